The first-order valence-corrected chi connectivity index (χ1v) is 7.95. The second kappa shape index (κ2) is 6.35. The average molecular weight is 329 g/mol. The Morgan fingerprint density at radius 3 is 2.95 bits per heavy atom. The molecule has 2 aromatic rings. The normalized spacial score (nSPS) is 19.7. The lowest BCUT2D eigenvalue weighted by Gasteiger charge is -2.23. The van der Waals surface area contributed by atoms with E-state index in [1.54, 1.807) is 6.92 Å². The molecule has 0 unspecified atom stereocenters. The van der Waals surface area contributed by atoms with Crippen LogP contribution in [0.25, 0.3) is 0 Å². The first kappa shape index (κ1) is 14.8. The fourth-order valence-corrected chi connectivity index (χ4v) is 3.17. The maximum Gasteiger partial charge on any atom is 0.230 e. The van der Waals surface area contributed by atoms with Gasteiger partial charge >= 0.3 is 0 Å². The highest BCUT2D eigenvalue weighted by molar-refractivity contribution is 7.10. The average Bonchev–Trinajstić information content (AvgIpc) is 3.14. The standard InChI is InChI=1S/C12H17ClN6OS/c1-8-14-16-11(20-8)7-18(2)9-3-4-19(5-9)6-10-12(13)21-17-15-10/h9H,3-7H2,1-2H3/t9-/m0/s1. The van der Waals surface area contributed by atoms with Crippen molar-refractivity contribution in [3.63, 3.8) is 0 Å². The van der Waals surface area contributed by atoms with E-state index in [1.165, 1.54) is 11.5 Å². The Kier molecular flexibility index (Phi) is 4.48. The summed E-state index contributed by atoms with van der Waals surface area (Å²) >= 11 is 7.29. The minimum atomic E-state index is 0.475. The van der Waals surface area contributed by atoms with Crippen LogP contribution < -0.4 is 0 Å². The largest absolute Gasteiger partial charge is 0.424 e. The van der Waals surface area contributed by atoms with Crippen LogP contribution in [0.1, 0.15) is 23.9 Å². The number of aryl methyl sites for hydroxylation is 1. The van der Waals surface area contributed by atoms with Crippen LogP contribution in [-0.2, 0) is 13.1 Å². The van der Waals surface area contributed by atoms with Crippen LogP contribution in [0.15, 0.2) is 4.42 Å². The summed E-state index contributed by atoms with van der Waals surface area (Å²) in [6.45, 7) is 5.26. The van der Waals surface area contributed by atoms with Gasteiger partial charge in [0, 0.05) is 44.1 Å². The SMILES string of the molecule is Cc1nnc(CN(C)[C@H]2CCN(Cc3nnsc3Cl)C2)o1. The van der Waals surface area contributed by atoms with Gasteiger partial charge in [-0.2, -0.15) is 0 Å². The summed E-state index contributed by atoms with van der Waals surface area (Å²) in [4.78, 5) is 4.61. The summed E-state index contributed by atoms with van der Waals surface area (Å²) in [5.74, 6) is 1.28. The van der Waals surface area contributed by atoms with E-state index in [0.29, 0.717) is 28.7 Å². The highest BCUT2D eigenvalue weighted by atomic mass is 35.5. The predicted molar refractivity (Wildman–Crippen MR) is 79.1 cm³/mol. The van der Waals surface area contributed by atoms with Crippen LogP contribution in [0.2, 0.25) is 4.34 Å². The minimum Gasteiger partial charge on any atom is -0.424 e. The van der Waals surface area contributed by atoms with Gasteiger partial charge in [-0.05, 0) is 13.5 Å². The van der Waals surface area contributed by atoms with Crippen molar-refractivity contribution in [1.82, 2.24) is 29.6 Å². The fourth-order valence-electron chi connectivity index (χ4n) is 2.56. The molecule has 2 aromatic heterocycles. The van der Waals surface area contributed by atoms with Gasteiger partial charge in [0.15, 0.2) is 0 Å². The van der Waals surface area contributed by atoms with Crippen molar-refractivity contribution in [3.05, 3.63) is 21.8 Å². The number of hydrogen-bond donors (Lipinski definition) is 0. The molecule has 3 heterocycles. The van der Waals surface area contributed by atoms with Gasteiger partial charge < -0.3 is 4.42 Å². The Bertz CT molecular complexity index is 602. The van der Waals surface area contributed by atoms with E-state index in [4.69, 9.17) is 16.0 Å². The van der Waals surface area contributed by atoms with Crippen molar-refractivity contribution < 1.29 is 4.42 Å². The third-order valence-electron chi connectivity index (χ3n) is 3.71. The first-order valence-electron chi connectivity index (χ1n) is 6.80. The highest BCUT2D eigenvalue weighted by Gasteiger charge is 2.27. The molecule has 0 amide bonds. The zero-order valence-electron chi connectivity index (χ0n) is 12.0. The van der Waals surface area contributed by atoms with Gasteiger partial charge in [0.1, 0.15) is 10.0 Å². The number of rotatable bonds is 5. The number of halogens is 1. The number of likely N-dealkylation sites (N-methyl/N-ethyl adjacent to an activating group) is 1. The van der Waals surface area contributed by atoms with Crippen molar-refractivity contribution in [2.75, 3.05) is 20.1 Å². The molecule has 1 aliphatic rings. The minimum absolute atomic E-state index is 0.475. The molecule has 1 atom stereocenters. The van der Waals surface area contributed by atoms with Crippen molar-refractivity contribution in [1.29, 1.82) is 0 Å². The van der Waals surface area contributed by atoms with Crippen LogP contribution >= 0.6 is 23.1 Å². The van der Waals surface area contributed by atoms with E-state index in [2.05, 4.69) is 36.6 Å². The van der Waals surface area contributed by atoms with Gasteiger partial charge in [-0.15, -0.1) is 15.3 Å². The Morgan fingerprint density at radius 2 is 2.29 bits per heavy atom. The lowest BCUT2D eigenvalue weighted by Crippen LogP contribution is -2.34. The molecule has 114 valence electrons. The molecule has 0 saturated carbocycles. The van der Waals surface area contributed by atoms with Crippen LogP contribution in [0.4, 0.5) is 0 Å². The third-order valence-corrected chi connectivity index (χ3v) is 4.69. The summed E-state index contributed by atoms with van der Waals surface area (Å²) in [6, 6.07) is 0.475. The van der Waals surface area contributed by atoms with Gasteiger partial charge in [-0.1, -0.05) is 16.1 Å². The number of likely N-dealkylation sites (tertiary alicyclic amines) is 1. The topological polar surface area (TPSA) is 71.2 Å². The monoisotopic (exact) mass is 328 g/mol. The number of aromatic nitrogens is 4. The van der Waals surface area contributed by atoms with E-state index in [0.717, 1.165) is 31.7 Å². The zero-order chi connectivity index (χ0) is 14.8. The summed E-state index contributed by atoms with van der Waals surface area (Å²) in [5, 5.41) is 12.0. The van der Waals surface area contributed by atoms with Gasteiger partial charge in [0.2, 0.25) is 11.8 Å². The number of nitrogens with zero attached hydrogens (tertiary/aromatic N) is 6. The molecule has 7 nitrogen and oxygen atoms in total. The van der Waals surface area contributed by atoms with Crippen LogP contribution in [-0.4, -0.2) is 55.8 Å². The van der Waals surface area contributed by atoms with Crippen LogP contribution in [0.5, 0.6) is 0 Å². The van der Waals surface area contributed by atoms with Gasteiger partial charge in [-0.25, -0.2) is 0 Å². The molecular formula is C12H17ClN6OS. The molecule has 1 fully saturated rings. The quantitative estimate of drug-likeness (QED) is 0.825. The smallest absolute Gasteiger partial charge is 0.230 e. The second-order valence-electron chi connectivity index (χ2n) is 5.30. The summed E-state index contributed by atoms with van der Waals surface area (Å²) < 4.78 is 9.99. The maximum absolute atomic E-state index is 6.06. The Hall–Kier alpha value is -1.09. The lowest BCUT2D eigenvalue weighted by molar-refractivity contribution is 0.204. The molecule has 1 saturated heterocycles. The molecule has 3 rings (SSSR count). The zero-order valence-corrected chi connectivity index (χ0v) is 13.6. The molecule has 0 radical (unpaired) electrons. The van der Waals surface area contributed by atoms with E-state index in [1.807, 2.05) is 0 Å². The Labute approximate surface area is 132 Å². The summed E-state index contributed by atoms with van der Waals surface area (Å²) in [7, 11) is 2.09. The number of hydrogen-bond acceptors (Lipinski definition) is 8. The molecule has 0 N–H and O–H groups in total. The Balaban J connectivity index is 1.53. The molecule has 0 aromatic carbocycles. The maximum atomic E-state index is 6.06. The molecule has 0 bridgehead atoms. The molecule has 9 heteroatoms. The van der Waals surface area contributed by atoms with Crippen molar-refractivity contribution in [2.45, 2.75) is 32.5 Å². The Morgan fingerprint density at radius 1 is 1.43 bits per heavy atom. The van der Waals surface area contributed by atoms with Crippen molar-refractivity contribution in [3.8, 4) is 0 Å². The molecule has 0 spiro atoms. The highest BCUT2D eigenvalue weighted by Crippen LogP contribution is 2.22. The molecular weight excluding hydrogens is 312 g/mol. The van der Waals surface area contributed by atoms with E-state index in [-0.39, 0.29) is 0 Å². The second-order valence-corrected chi connectivity index (χ2v) is 6.66. The fraction of sp³-hybridized carbons (Fsp3) is 0.667. The van der Waals surface area contributed by atoms with E-state index < -0.39 is 0 Å². The van der Waals surface area contributed by atoms with Crippen LogP contribution in [0, 0.1) is 6.92 Å². The van der Waals surface area contributed by atoms with E-state index in [9.17, 15) is 0 Å². The van der Waals surface area contributed by atoms with Crippen molar-refractivity contribution in [2.24, 2.45) is 0 Å². The molecule has 21 heavy (non-hydrogen) atoms. The summed E-state index contributed by atoms with van der Waals surface area (Å²) in [5.41, 5.74) is 0.873. The lowest BCUT2D eigenvalue weighted by atomic mass is 10.2. The summed E-state index contributed by atoms with van der Waals surface area (Å²) in [6.07, 6.45) is 1.11. The van der Waals surface area contributed by atoms with Gasteiger partial charge in [0.25, 0.3) is 0 Å². The van der Waals surface area contributed by atoms with Crippen LogP contribution in [0.3, 0.4) is 0 Å². The molecule has 1 aliphatic heterocycles. The van der Waals surface area contributed by atoms with Gasteiger partial charge in [0.05, 0.1) is 6.54 Å². The molecule has 0 aliphatic carbocycles. The first-order chi connectivity index (χ1) is 10.1. The van der Waals surface area contributed by atoms with E-state index >= 15 is 0 Å². The third kappa shape index (κ3) is 3.57. The van der Waals surface area contributed by atoms with Gasteiger partial charge in [-0.3, -0.25) is 9.80 Å². The van der Waals surface area contributed by atoms with Crippen molar-refractivity contribution >= 4 is 23.1 Å². The predicted octanol–water partition coefficient (Wildman–Crippen LogP) is 1.59.